The molecule has 9 aromatic carbocycles. The zero-order valence-electron chi connectivity index (χ0n) is 29.3. The fourth-order valence-electron chi connectivity index (χ4n) is 7.41. The van der Waals surface area contributed by atoms with Crippen LogP contribution in [-0.2, 0) is 0 Å². The molecule has 0 atom stereocenters. The Morgan fingerprint density at radius 1 is 0.245 bits per heavy atom. The highest BCUT2D eigenvalue weighted by molar-refractivity contribution is 6.04. The first kappa shape index (κ1) is 32.0. The Labute approximate surface area is 311 Å². The van der Waals surface area contributed by atoms with Crippen LogP contribution in [0.5, 0.6) is 0 Å². The van der Waals surface area contributed by atoms with Gasteiger partial charge in [-0.1, -0.05) is 182 Å². The molecule has 0 aromatic heterocycles. The lowest BCUT2D eigenvalue weighted by atomic mass is 9.88. The summed E-state index contributed by atoms with van der Waals surface area (Å²) in [6.07, 6.45) is 0. The molecule has 0 amide bonds. The van der Waals surface area contributed by atoms with Crippen molar-refractivity contribution in [1.29, 1.82) is 0 Å². The molecule has 1 heteroatoms. The van der Waals surface area contributed by atoms with Gasteiger partial charge in [-0.25, -0.2) is 0 Å². The average Bonchev–Trinajstić information content (AvgIpc) is 3.25. The predicted octanol–water partition coefficient (Wildman–Crippen LogP) is 14.6. The van der Waals surface area contributed by atoms with Crippen molar-refractivity contribution in [3.8, 4) is 55.6 Å². The van der Waals surface area contributed by atoms with Gasteiger partial charge in [0.2, 0.25) is 0 Å². The van der Waals surface area contributed by atoms with E-state index in [0.717, 1.165) is 17.1 Å². The lowest BCUT2D eigenvalue weighted by molar-refractivity contribution is 1.28. The Hall–Kier alpha value is -6.96. The van der Waals surface area contributed by atoms with Gasteiger partial charge in [0.05, 0.1) is 0 Å². The van der Waals surface area contributed by atoms with Gasteiger partial charge in [-0.3, -0.25) is 0 Å². The van der Waals surface area contributed by atoms with Crippen LogP contribution in [-0.4, -0.2) is 0 Å². The third kappa shape index (κ3) is 6.53. The fraction of sp³-hybridized carbons (Fsp3) is 0. The van der Waals surface area contributed by atoms with Gasteiger partial charge in [0.25, 0.3) is 0 Å². The Balaban J connectivity index is 1.13. The van der Waals surface area contributed by atoms with Gasteiger partial charge >= 0.3 is 0 Å². The summed E-state index contributed by atoms with van der Waals surface area (Å²) < 4.78 is 0. The number of hydrogen-bond acceptors (Lipinski definition) is 1. The maximum absolute atomic E-state index is 2.35. The maximum atomic E-state index is 2.35. The molecular formula is C52H37N. The van der Waals surface area contributed by atoms with E-state index in [1.165, 1.54) is 66.4 Å². The van der Waals surface area contributed by atoms with Crippen molar-refractivity contribution in [2.45, 2.75) is 0 Å². The largest absolute Gasteiger partial charge is 0.311 e. The van der Waals surface area contributed by atoms with Crippen LogP contribution in [0.4, 0.5) is 17.1 Å². The molecule has 0 N–H and O–H groups in total. The molecule has 0 aliphatic carbocycles. The smallest absolute Gasteiger partial charge is 0.0462 e. The van der Waals surface area contributed by atoms with Gasteiger partial charge in [0.15, 0.2) is 0 Å². The summed E-state index contributed by atoms with van der Waals surface area (Å²) in [5.41, 5.74) is 15.4. The van der Waals surface area contributed by atoms with Crippen LogP contribution < -0.4 is 4.90 Å². The van der Waals surface area contributed by atoms with Crippen molar-refractivity contribution in [2.24, 2.45) is 0 Å². The average molecular weight is 676 g/mol. The van der Waals surface area contributed by atoms with E-state index in [1.54, 1.807) is 0 Å². The molecule has 9 rings (SSSR count). The number of benzene rings is 9. The minimum atomic E-state index is 1.10. The van der Waals surface area contributed by atoms with Crippen molar-refractivity contribution in [3.63, 3.8) is 0 Å². The van der Waals surface area contributed by atoms with E-state index < -0.39 is 0 Å². The Bertz CT molecular complexity index is 2530. The van der Waals surface area contributed by atoms with E-state index in [4.69, 9.17) is 0 Å². The first-order chi connectivity index (χ1) is 26.3. The molecule has 0 saturated carbocycles. The summed E-state index contributed by atoms with van der Waals surface area (Å²) in [6, 6.07) is 80.8. The Morgan fingerprint density at radius 3 is 1.17 bits per heavy atom. The SMILES string of the molecule is c1ccc(-c2ccc(N(c3ccc(-c4ccccc4)cc3)c3ccc(-c4ccc5ccccc5c4-c4cccc(-c5ccccc5)c4)cc3)cc2)cc1. The van der Waals surface area contributed by atoms with Crippen molar-refractivity contribution in [3.05, 3.63) is 224 Å². The summed E-state index contributed by atoms with van der Waals surface area (Å²) in [7, 11) is 0. The van der Waals surface area contributed by atoms with Gasteiger partial charge in [0, 0.05) is 17.1 Å². The highest BCUT2D eigenvalue weighted by Crippen LogP contribution is 2.42. The molecule has 0 aliphatic heterocycles. The van der Waals surface area contributed by atoms with Crippen LogP contribution in [0.15, 0.2) is 224 Å². The fourth-order valence-corrected chi connectivity index (χ4v) is 7.41. The van der Waals surface area contributed by atoms with Gasteiger partial charge in [-0.05, 0) is 109 Å². The summed E-state index contributed by atoms with van der Waals surface area (Å²) in [6.45, 7) is 0. The van der Waals surface area contributed by atoms with Gasteiger partial charge in [0.1, 0.15) is 0 Å². The molecule has 0 radical (unpaired) electrons. The molecule has 0 spiro atoms. The number of fused-ring (bicyclic) bond motifs is 1. The highest BCUT2D eigenvalue weighted by Gasteiger charge is 2.16. The summed E-state index contributed by atoms with van der Waals surface area (Å²) in [5, 5.41) is 2.48. The summed E-state index contributed by atoms with van der Waals surface area (Å²) in [5.74, 6) is 0. The number of hydrogen-bond donors (Lipinski definition) is 0. The Kier molecular flexibility index (Phi) is 8.66. The molecule has 0 unspecified atom stereocenters. The standard InChI is InChI=1S/C52H37N/c1-4-13-38(14-5-1)41-23-30-47(31-24-41)53(48-32-25-42(26-33-48)39-15-6-2-7-16-39)49-34-27-44(28-35-49)51-36-29-43-19-10-11-22-50(43)52(51)46-21-12-20-45(37-46)40-17-8-3-9-18-40/h1-37H. The number of nitrogens with zero attached hydrogens (tertiary/aromatic N) is 1. The second kappa shape index (κ2) is 14.3. The lowest BCUT2D eigenvalue weighted by Gasteiger charge is -2.26. The van der Waals surface area contributed by atoms with Crippen LogP contribution in [0.1, 0.15) is 0 Å². The zero-order chi connectivity index (χ0) is 35.4. The van der Waals surface area contributed by atoms with E-state index in [2.05, 4.69) is 229 Å². The summed E-state index contributed by atoms with van der Waals surface area (Å²) in [4.78, 5) is 2.35. The molecule has 53 heavy (non-hydrogen) atoms. The molecule has 0 aliphatic rings. The first-order valence-electron chi connectivity index (χ1n) is 18.2. The second-order valence-electron chi connectivity index (χ2n) is 13.4. The topological polar surface area (TPSA) is 3.24 Å². The molecule has 9 aromatic rings. The third-order valence-corrected chi connectivity index (χ3v) is 10.1. The van der Waals surface area contributed by atoms with E-state index >= 15 is 0 Å². The van der Waals surface area contributed by atoms with E-state index in [9.17, 15) is 0 Å². The van der Waals surface area contributed by atoms with E-state index in [0.29, 0.717) is 0 Å². The zero-order valence-corrected chi connectivity index (χ0v) is 29.3. The summed E-state index contributed by atoms with van der Waals surface area (Å²) >= 11 is 0. The van der Waals surface area contributed by atoms with Crippen LogP contribution in [0.3, 0.4) is 0 Å². The second-order valence-corrected chi connectivity index (χ2v) is 13.4. The van der Waals surface area contributed by atoms with Crippen LogP contribution in [0, 0.1) is 0 Å². The van der Waals surface area contributed by atoms with Gasteiger partial charge in [-0.15, -0.1) is 0 Å². The molecule has 0 saturated heterocycles. The van der Waals surface area contributed by atoms with Gasteiger partial charge < -0.3 is 4.90 Å². The van der Waals surface area contributed by atoms with Crippen LogP contribution >= 0.6 is 0 Å². The molecular weight excluding hydrogens is 639 g/mol. The molecule has 0 heterocycles. The van der Waals surface area contributed by atoms with Crippen LogP contribution in [0.25, 0.3) is 66.4 Å². The first-order valence-corrected chi connectivity index (χ1v) is 18.2. The minimum absolute atomic E-state index is 1.10. The van der Waals surface area contributed by atoms with Crippen molar-refractivity contribution in [1.82, 2.24) is 0 Å². The molecule has 0 bridgehead atoms. The molecule has 0 fully saturated rings. The quantitative estimate of drug-likeness (QED) is 0.155. The monoisotopic (exact) mass is 675 g/mol. The third-order valence-electron chi connectivity index (χ3n) is 10.1. The van der Waals surface area contributed by atoms with Crippen LogP contribution in [0.2, 0.25) is 0 Å². The molecule has 1 nitrogen and oxygen atoms in total. The van der Waals surface area contributed by atoms with Gasteiger partial charge in [-0.2, -0.15) is 0 Å². The van der Waals surface area contributed by atoms with E-state index in [1.807, 2.05) is 0 Å². The molecule has 250 valence electrons. The number of anilines is 3. The Morgan fingerprint density at radius 2 is 0.642 bits per heavy atom. The maximum Gasteiger partial charge on any atom is 0.0462 e. The predicted molar refractivity (Wildman–Crippen MR) is 226 cm³/mol. The number of rotatable bonds is 8. The van der Waals surface area contributed by atoms with Crippen molar-refractivity contribution >= 4 is 27.8 Å². The lowest BCUT2D eigenvalue weighted by Crippen LogP contribution is -2.09. The van der Waals surface area contributed by atoms with Crippen molar-refractivity contribution < 1.29 is 0 Å². The normalized spacial score (nSPS) is 11.0. The van der Waals surface area contributed by atoms with E-state index in [-0.39, 0.29) is 0 Å². The minimum Gasteiger partial charge on any atom is -0.311 e. The van der Waals surface area contributed by atoms with Crippen molar-refractivity contribution in [2.75, 3.05) is 4.90 Å². The highest BCUT2D eigenvalue weighted by atomic mass is 15.1.